The highest BCUT2D eigenvalue weighted by Gasteiger charge is 2.22. The number of nitrogens with zero attached hydrogens (tertiary/aromatic N) is 1. The molecular weight excluding hydrogens is 569 g/mol. The van der Waals surface area contributed by atoms with Crippen LogP contribution in [0.4, 0.5) is 5.69 Å². The molecule has 0 saturated heterocycles. The first-order valence-electron chi connectivity index (χ1n) is 12.8. The number of hydrogen-bond donors (Lipinski definition) is 0. The first-order valence-corrected chi connectivity index (χ1v) is 15.5. The van der Waals surface area contributed by atoms with Crippen molar-refractivity contribution in [2.75, 3.05) is 10.7 Å². The molecule has 0 radical (unpaired) electrons. The molecule has 6 heteroatoms. The minimum Gasteiger partial charge on any atom is -0.286 e. The van der Waals surface area contributed by atoms with Crippen LogP contribution in [0.2, 0.25) is 0 Å². The lowest BCUT2D eigenvalue weighted by Gasteiger charge is -2.23. The fourth-order valence-corrected chi connectivity index (χ4v) is 6.36. The Hall–Kier alpha value is -1.67. The fraction of sp³-hybridized carbons (Fsp3) is 0.483. The topological polar surface area (TPSA) is 54.5 Å². The number of carbonyl (C=O) groups excluding carboxylic acids is 1. The van der Waals surface area contributed by atoms with E-state index in [0.717, 1.165) is 40.4 Å². The number of carbonyl (C=O) groups is 1. The molecule has 0 atom stereocenters. The summed E-state index contributed by atoms with van der Waals surface area (Å²) in [6.07, 6.45) is 14.5. The highest BCUT2D eigenvalue weighted by Crippen LogP contribution is 2.28. The Bertz CT molecular complexity index is 1060. The van der Waals surface area contributed by atoms with Gasteiger partial charge in [-0.2, -0.15) is 0 Å². The standard InChI is InChI=1S/C29H40INO3S/c1-4-5-6-7-8-9-10-11-12-13-14-26(22-35(33,34)27-18-15-24(2)16-19-27)31(23-32)29-20-17-25(3)21-28(29)30/h14-21,23H,4-13,22H2,1-3H3/b26-14+. The molecule has 0 unspecified atom stereocenters. The lowest BCUT2D eigenvalue weighted by atomic mass is 10.1. The molecule has 2 rings (SSSR count). The second-order valence-corrected chi connectivity index (χ2v) is 12.5. The maximum atomic E-state index is 13.2. The quantitative estimate of drug-likeness (QED) is 0.110. The first kappa shape index (κ1) is 29.6. The van der Waals surface area contributed by atoms with Gasteiger partial charge in [-0.1, -0.05) is 88.1 Å². The van der Waals surface area contributed by atoms with E-state index in [-0.39, 0.29) is 10.6 Å². The molecule has 0 aliphatic carbocycles. The Balaban J connectivity index is 2.14. The molecule has 0 heterocycles. The zero-order valence-corrected chi connectivity index (χ0v) is 24.4. The third kappa shape index (κ3) is 10.1. The number of aryl methyl sites for hydroxylation is 2. The van der Waals surface area contributed by atoms with E-state index in [4.69, 9.17) is 0 Å². The number of amides is 1. The zero-order valence-electron chi connectivity index (χ0n) is 21.4. The molecule has 1 amide bonds. The van der Waals surface area contributed by atoms with Crippen LogP contribution in [0.3, 0.4) is 0 Å². The van der Waals surface area contributed by atoms with Crippen LogP contribution in [0.5, 0.6) is 0 Å². The van der Waals surface area contributed by atoms with Crippen LogP contribution in [-0.2, 0) is 14.6 Å². The van der Waals surface area contributed by atoms with Gasteiger partial charge in [0.25, 0.3) is 0 Å². The Labute approximate surface area is 226 Å². The Morgan fingerprint density at radius 1 is 0.857 bits per heavy atom. The Kier molecular flexibility index (Phi) is 13.0. The molecule has 0 aliphatic heterocycles. The molecule has 0 fully saturated rings. The van der Waals surface area contributed by atoms with Crippen LogP contribution in [0.15, 0.2) is 59.1 Å². The highest BCUT2D eigenvalue weighted by molar-refractivity contribution is 14.1. The van der Waals surface area contributed by atoms with Crippen LogP contribution >= 0.6 is 22.6 Å². The molecule has 0 bridgehead atoms. The van der Waals surface area contributed by atoms with E-state index in [1.54, 1.807) is 24.3 Å². The van der Waals surface area contributed by atoms with Crippen LogP contribution in [0.1, 0.15) is 82.3 Å². The summed E-state index contributed by atoms with van der Waals surface area (Å²) >= 11 is 2.21. The normalized spacial score (nSPS) is 12.1. The van der Waals surface area contributed by atoms with Crippen molar-refractivity contribution in [3.05, 3.63) is 68.9 Å². The van der Waals surface area contributed by atoms with Gasteiger partial charge < -0.3 is 0 Å². The van der Waals surface area contributed by atoms with Crippen LogP contribution in [0, 0.1) is 17.4 Å². The second-order valence-electron chi connectivity index (χ2n) is 9.31. The van der Waals surface area contributed by atoms with E-state index in [9.17, 15) is 13.2 Å². The average molecular weight is 610 g/mol. The SMILES string of the molecule is CCCCCCCCCCC/C=C(\CS(=O)(=O)c1ccc(C)cc1)N(C=O)c1ccc(C)cc1I. The summed E-state index contributed by atoms with van der Waals surface area (Å²) in [6.45, 7) is 6.17. The molecular formula is C29H40INO3S. The van der Waals surface area contributed by atoms with E-state index in [1.165, 1.54) is 49.8 Å². The van der Waals surface area contributed by atoms with Gasteiger partial charge in [-0.3, -0.25) is 9.69 Å². The van der Waals surface area contributed by atoms with Gasteiger partial charge in [0.05, 0.1) is 16.3 Å². The van der Waals surface area contributed by atoms with E-state index < -0.39 is 9.84 Å². The molecule has 35 heavy (non-hydrogen) atoms. The predicted molar refractivity (Wildman–Crippen MR) is 156 cm³/mol. The number of halogens is 1. The smallest absolute Gasteiger partial charge is 0.218 e. The maximum Gasteiger partial charge on any atom is 0.218 e. The van der Waals surface area contributed by atoms with Gasteiger partial charge in [0, 0.05) is 9.27 Å². The van der Waals surface area contributed by atoms with E-state index in [0.29, 0.717) is 11.4 Å². The summed E-state index contributed by atoms with van der Waals surface area (Å²) in [5.41, 5.74) is 3.33. The van der Waals surface area contributed by atoms with Crippen LogP contribution in [0.25, 0.3) is 0 Å². The van der Waals surface area contributed by atoms with Crippen molar-refractivity contribution in [3.63, 3.8) is 0 Å². The number of rotatable bonds is 16. The number of hydrogen-bond acceptors (Lipinski definition) is 3. The van der Waals surface area contributed by atoms with Crippen molar-refractivity contribution < 1.29 is 13.2 Å². The third-order valence-electron chi connectivity index (χ3n) is 6.18. The number of allylic oxidation sites excluding steroid dienone is 1. The van der Waals surface area contributed by atoms with E-state index >= 15 is 0 Å². The molecule has 2 aromatic rings. The second kappa shape index (κ2) is 15.4. The lowest BCUT2D eigenvalue weighted by molar-refractivity contribution is -0.107. The van der Waals surface area contributed by atoms with Crippen molar-refractivity contribution >= 4 is 44.5 Å². The van der Waals surface area contributed by atoms with Gasteiger partial charge in [-0.05, 0) is 79.1 Å². The summed E-state index contributed by atoms with van der Waals surface area (Å²) < 4.78 is 27.4. The summed E-state index contributed by atoms with van der Waals surface area (Å²) in [5.74, 6) is -0.212. The number of unbranched alkanes of at least 4 members (excludes halogenated alkanes) is 9. The molecule has 2 aromatic carbocycles. The largest absolute Gasteiger partial charge is 0.286 e. The van der Waals surface area contributed by atoms with Crippen LogP contribution < -0.4 is 4.90 Å². The Morgan fingerprint density at radius 2 is 1.43 bits per heavy atom. The van der Waals surface area contributed by atoms with Crippen molar-refractivity contribution in [1.29, 1.82) is 0 Å². The van der Waals surface area contributed by atoms with Gasteiger partial charge in [-0.15, -0.1) is 0 Å². The minimum absolute atomic E-state index is 0.212. The van der Waals surface area contributed by atoms with Crippen molar-refractivity contribution in [2.45, 2.75) is 89.9 Å². The average Bonchev–Trinajstić information content (AvgIpc) is 2.82. The lowest BCUT2D eigenvalue weighted by Crippen LogP contribution is -2.27. The summed E-state index contributed by atoms with van der Waals surface area (Å²) in [5, 5.41) is 0. The van der Waals surface area contributed by atoms with E-state index in [1.807, 2.05) is 38.1 Å². The van der Waals surface area contributed by atoms with Gasteiger partial charge >= 0.3 is 0 Å². The van der Waals surface area contributed by atoms with Crippen molar-refractivity contribution in [1.82, 2.24) is 0 Å². The summed E-state index contributed by atoms with van der Waals surface area (Å²) in [4.78, 5) is 14.0. The fourth-order valence-electron chi connectivity index (χ4n) is 4.06. The summed E-state index contributed by atoms with van der Waals surface area (Å²) in [7, 11) is -3.59. The van der Waals surface area contributed by atoms with Gasteiger partial charge in [0.15, 0.2) is 9.84 Å². The zero-order chi connectivity index (χ0) is 25.7. The van der Waals surface area contributed by atoms with Gasteiger partial charge in [0.1, 0.15) is 0 Å². The molecule has 4 nitrogen and oxygen atoms in total. The monoisotopic (exact) mass is 609 g/mol. The molecule has 0 aliphatic rings. The van der Waals surface area contributed by atoms with Crippen LogP contribution in [-0.4, -0.2) is 20.6 Å². The minimum atomic E-state index is -3.59. The summed E-state index contributed by atoms with van der Waals surface area (Å²) in [6, 6.07) is 12.7. The number of benzene rings is 2. The number of anilines is 1. The van der Waals surface area contributed by atoms with Gasteiger partial charge in [-0.25, -0.2) is 8.42 Å². The van der Waals surface area contributed by atoms with Gasteiger partial charge in [0.2, 0.25) is 6.41 Å². The van der Waals surface area contributed by atoms with E-state index in [2.05, 4.69) is 29.5 Å². The molecule has 0 saturated carbocycles. The maximum absolute atomic E-state index is 13.2. The highest BCUT2D eigenvalue weighted by atomic mass is 127. The van der Waals surface area contributed by atoms with Crippen molar-refractivity contribution in [3.8, 4) is 0 Å². The molecule has 0 N–H and O–H groups in total. The van der Waals surface area contributed by atoms with Crippen molar-refractivity contribution in [2.24, 2.45) is 0 Å². The third-order valence-corrected chi connectivity index (χ3v) is 8.71. The number of sulfone groups is 1. The Morgan fingerprint density at radius 3 is 2.00 bits per heavy atom. The molecule has 0 spiro atoms. The first-order chi connectivity index (χ1) is 16.8. The molecule has 192 valence electrons. The predicted octanol–water partition coefficient (Wildman–Crippen LogP) is 8.15. The molecule has 0 aromatic heterocycles.